The molecule has 0 aromatic heterocycles. The van der Waals surface area contributed by atoms with Gasteiger partial charge in [0.05, 0.1) is 5.60 Å². The first-order chi connectivity index (χ1) is 16.8. The van der Waals surface area contributed by atoms with Crippen LogP contribution >= 0.6 is 0 Å². The van der Waals surface area contributed by atoms with E-state index < -0.39 is 5.60 Å². The molecule has 2 aromatic carbocycles. The topological polar surface area (TPSA) is 52.9 Å². The quantitative estimate of drug-likeness (QED) is 0.518. The maximum Gasteiger partial charge on any atom is 0.119 e. The van der Waals surface area contributed by atoms with E-state index >= 15 is 0 Å². The SMILES string of the molecule is CC1(O)C=CCC(C)([C@H]2CCc3cc(O)ccc3[C@H]2c2ccc(OCCN3CCCC3)cc2)C=C1. The minimum absolute atomic E-state index is 0.0812. The van der Waals surface area contributed by atoms with E-state index in [0.29, 0.717) is 11.7 Å². The number of phenols is 1. The van der Waals surface area contributed by atoms with Crippen molar-refractivity contribution in [3.05, 3.63) is 83.5 Å². The third kappa shape index (κ3) is 5.34. The Bertz CT molecular complexity index is 1080. The van der Waals surface area contributed by atoms with E-state index in [1.165, 1.54) is 42.6 Å². The zero-order chi connectivity index (χ0) is 24.5. The summed E-state index contributed by atoms with van der Waals surface area (Å²) in [5, 5.41) is 20.7. The molecule has 4 nitrogen and oxygen atoms in total. The molecule has 0 amide bonds. The van der Waals surface area contributed by atoms with Crippen molar-refractivity contribution in [3.63, 3.8) is 0 Å². The molecular formula is C31H39NO3. The van der Waals surface area contributed by atoms with Gasteiger partial charge in [0.2, 0.25) is 0 Å². The van der Waals surface area contributed by atoms with Gasteiger partial charge in [-0.05, 0) is 104 Å². The number of likely N-dealkylation sites (tertiary alicyclic amines) is 1. The molecule has 2 aromatic rings. The van der Waals surface area contributed by atoms with Gasteiger partial charge in [0.25, 0.3) is 0 Å². The monoisotopic (exact) mass is 473 g/mol. The normalized spacial score (nSPS) is 30.7. The Hall–Kier alpha value is -2.56. The molecule has 1 heterocycles. The Kier molecular flexibility index (Phi) is 6.78. The lowest BCUT2D eigenvalue weighted by atomic mass is 9.60. The standard InChI is InChI=1S/C31H39NO3/c1-30(14-5-15-31(2,34)17-16-30)28-13-8-24-22-25(33)9-12-27(24)29(28)23-6-10-26(11-7-23)35-21-20-32-18-3-4-19-32/h5-7,9-12,15-17,22,28-29,33-34H,3-4,8,13-14,18-21H2,1-2H3/t28-,29+,30?,31?/m0/s1. The van der Waals surface area contributed by atoms with Crippen molar-refractivity contribution in [1.29, 1.82) is 0 Å². The number of aliphatic hydroxyl groups is 1. The van der Waals surface area contributed by atoms with Gasteiger partial charge >= 0.3 is 0 Å². The molecule has 2 unspecified atom stereocenters. The summed E-state index contributed by atoms with van der Waals surface area (Å²) in [4.78, 5) is 2.47. The van der Waals surface area contributed by atoms with E-state index in [0.717, 1.165) is 38.2 Å². The Labute approximate surface area is 209 Å². The van der Waals surface area contributed by atoms with Crippen LogP contribution in [-0.4, -0.2) is 47.0 Å². The van der Waals surface area contributed by atoms with E-state index in [9.17, 15) is 10.2 Å². The molecule has 0 bridgehead atoms. The molecular weight excluding hydrogens is 434 g/mol. The van der Waals surface area contributed by atoms with Gasteiger partial charge in [-0.15, -0.1) is 0 Å². The van der Waals surface area contributed by atoms with Crippen molar-refractivity contribution in [2.24, 2.45) is 11.3 Å². The first-order valence-corrected chi connectivity index (χ1v) is 13.2. The molecule has 4 heteroatoms. The molecule has 2 aliphatic carbocycles. The van der Waals surface area contributed by atoms with Crippen LogP contribution in [0.5, 0.6) is 11.5 Å². The number of rotatable bonds is 6. The highest BCUT2D eigenvalue weighted by atomic mass is 16.5. The molecule has 1 fully saturated rings. The van der Waals surface area contributed by atoms with Gasteiger partial charge in [0, 0.05) is 12.5 Å². The second-order valence-electron chi connectivity index (χ2n) is 11.1. The maximum atomic E-state index is 10.6. The number of aryl methyl sites for hydroxylation is 1. The van der Waals surface area contributed by atoms with Crippen LogP contribution in [0.3, 0.4) is 0 Å². The van der Waals surface area contributed by atoms with Gasteiger partial charge in [0.1, 0.15) is 18.1 Å². The Morgan fingerprint density at radius 1 is 1.00 bits per heavy atom. The van der Waals surface area contributed by atoms with Gasteiger partial charge < -0.3 is 14.9 Å². The summed E-state index contributed by atoms with van der Waals surface area (Å²) in [5.74, 6) is 1.84. The van der Waals surface area contributed by atoms with Crippen molar-refractivity contribution in [2.45, 2.75) is 57.5 Å². The highest BCUT2D eigenvalue weighted by molar-refractivity contribution is 5.46. The van der Waals surface area contributed by atoms with Crippen LogP contribution in [0.15, 0.2) is 66.8 Å². The Balaban J connectivity index is 1.42. The lowest BCUT2D eigenvalue weighted by molar-refractivity contribution is 0.162. The van der Waals surface area contributed by atoms with Crippen LogP contribution in [0, 0.1) is 11.3 Å². The average molecular weight is 474 g/mol. The summed E-state index contributed by atoms with van der Waals surface area (Å²) >= 11 is 0. The van der Waals surface area contributed by atoms with Gasteiger partial charge in [0.15, 0.2) is 0 Å². The maximum absolute atomic E-state index is 10.6. The zero-order valence-electron chi connectivity index (χ0n) is 21.1. The molecule has 0 radical (unpaired) electrons. The first kappa shape index (κ1) is 24.1. The second-order valence-corrected chi connectivity index (χ2v) is 11.1. The number of allylic oxidation sites excluding steroid dienone is 2. The third-order valence-corrected chi connectivity index (χ3v) is 8.36. The van der Waals surface area contributed by atoms with Gasteiger partial charge in [-0.3, -0.25) is 4.90 Å². The van der Waals surface area contributed by atoms with Crippen molar-refractivity contribution in [1.82, 2.24) is 4.90 Å². The summed E-state index contributed by atoms with van der Waals surface area (Å²) in [6, 6.07) is 14.5. The van der Waals surface area contributed by atoms with Crippen molar-refractivity contribution in [2.75, 3.05) is 26.2 Å². The fourth-order valence-electron chi connectivity index (χ4n) is 6.31. The molecule has 35 heavy (non-hydrogen) atoms. The Morgan fingerprint density at radius 3 is 2.54 bits per heavy atom. The predicted molar refractivity (Wildman–Crippen MR) is 141 cm³/mol. The number of ether oxygens (including phenoxy) is 1. The number of hydrogen-bond donors (Lipinski definition) is 2. The summed E-state index contributed by atoms with van der Waals surface area (Å²) in [6.07, 6.45) is 13.7. The summed E-state index contributed by atoms with van der Waals surface area (Å²) in [5.41, 5.74) is 2.84. The molecule has 3 aliphatic rings. The molecule has 1 saturated heterocycles. The molecule has 186 valence electrons. The van der Waals surface area contributed by atoms with Crippen LogP contribution in [0.25, 0.3) is 0 Å². The number of aromatic hydroxyl groups is 1. The Morgan fingerprint density at radius 2 is 1.77 bits per heavy atom. The highest BCUT2D eigenvalue weighted by Gasteiger charge is 2.42. The lowest BCUT2D eigenvalue weighted by Crippen LogP contribution is -2.34. The molecule has 4 atom stereocenters. The van der Waals surface area contributed by atoms with Crippen LogP contribution in [-0.2, 0) is 6.42 Å². The van der Waals surface area contributed by atoms with Crippen LogP contribution in [0.2, 0.25) is 0 Å². The van der Waals surface area contributed by atoms with E-state index in [1.54, 1.807) is 0 Å². The summed E-state index contributed by atoms with van der Waals surface area (Å²) in [7, 11) is 0. The van der Waals surface area contributed by atoms with Gasteiger partial charge in [-0.1, -0.05) is 49.4 Å². The molecule has 5 rings (SSSR count). The summed E-state index contributed by atoms with van der Waals surface area (Å²) in [6.45, 7) is 8.27. The summed E-state index contributed by atoms with van der Waals surface area (Å²) < 4.78 is 6.08. The van der Waals surface area contributed by atoms with E-state index in [4.69, 9.17) is 4.74 Å². The smallest absolute Gasteiger partial charge is 0.119 e. The van der Waals surface area contributed by atoms with Crippen molar-refractivity contribution >= 4 is 0 Å². The van der Waals surface area contributed by atoms with E-state index in [2.05, 4.69) is 54.3 Å². The van der Waals surface area contributed by atoms with E-state index in [1.807, 2.05) is 31.2 Å². The first-order valence-electron chi connectivity index (χ1n) is 13.2. The van der Waals surface area contributed by atoms with Gasteiger partial charge in [-0.2, -0.15) is 0 Å². The number of benzene rings is 2. The highest BCUT2D eigenvalue weighted by Crippen LogP contribution is 2.52. The van der Waals surface area contributed by atoms with Gasteiger partial charge in [-0.25, -0.2) is 0 Å². The average Bonchev–Trinajstić information content (AvgIpc) is 3.31. The minimum atomic E-state index is -0.903. The van der Waals surface area contributed by atoms with Crippen LogP contribution in [0.1, 0.15) is 62.1 Å². The predicted octanol–water partition coefficient (Wildman–Crippen LogP) is 5.83. The zero-order valence-corrected chi connectivity index (χ0v) is 21.1. The molecule has 0 saturated carbocycles. The molecule has 1 aliphatic heterocycles. The van der Waals surface area contributed by atoms with Crippen LogP contribution < -0.4 is 4.74 Å². The lowest BCUT2D eigenvalue weighted by Gasteiger charge is -2.44. The van der Waals surface area contributed by atoms with Crippen molar-refractivity contribution in [3.8, 4) is 11.5 Å². The molecule has 0 spiro atoms. The number of hydrogen-bond acceptors (Lipinski definition) is 4. The van der Waals surface area contributed by atoms with Crippen molar-refractivity contribution < 1.29 is 14.9 Å². The fourth-order valence-corrected chi connectivity index (χ4v) is 6.31. The third-order valence-electron chi connectivity index (χ3n) is 8.36. The molecule has 2 N–H and O–H groups in total. The number of nitrogens with zero attached hydrogens (tertiary/aromatic N) is 1. The second kappa shape index (κ2) is 9.83. The largest absolute Gasteiger partial charge is 0.508 e. The fraction of sp³-hybridized carbons (Fsp3) is 0.484. The van der Waals surface area contributed by atoms with E-state index in [-0.39, 0.29) is 11.3 Å². The minimum Gasteiger partial charge on any atom is -0.508 e. The number of phenolic OH excluding ortho intramolecular Hbond substituents is 1. The number of fused-ring (bicyclic) bond motifs is 1. The van der Waals surface area contributed by atoms with Crippen LogP contribution in [0.4, 0.5) is 0 Å².